The molecule has 0 bridgehead atoms. The zero-order valence-corrected chi connectivity index (χ0v) is 20.0. The summed E-state index contributed by atoms with van der Waals surface area (Å²) in [6.07, 6.45) is 4.01. The van der Waals surface area contributed by atoms with Crippen molar-refractivity contribution in [3.63, 3.8) is 0 Å². The smallest absolute Gasteiger partial charge is 0.249 e. The maximum absolute atomic E-state index is 6.20. The van der Waals surface area contributed by atoms with Crippen LogP contribution in [0.25, 0.3) is 56.6 Å². The minimum atomic E-state index is 0.483. The number of hydrogen-bond acceptors (Lipinski definition) is 3. The number of halogens is 2. The van der Waals surface area contributed by atoms with E-state index in [4.69, 9.17) is 27.6 Å². The fraction of sp³-hybridized carbons (Fsp3) is 0. The average Bonchev–Trinajstić information content (AvgIpc) is 3.38. The van der Waals surface area contributed by atoms with Crippen LogP contribution in [0.5, 0.6) is 0 Å². The zero-order valence-electron chi connectivity index (χ0n) is 18.5. The Morgan fingerprint density at radius 1 is 0.571 bits per heavy atom. The van der Waals surface area contributed by atoms with Crippen LogP contribution in [-0.4, -0.2) is 10.2 Å². The Labute approximate surface area is 212 Å². The van der Waals surface area contributed by atoms with Crippen molar-refractivity contribution in [2.45, 2.75) is 0 Å². The van der Waals surface area contributed by atoms with Crippen molar-refractivity contribution >= 4 is 56.9 Å². The quantitative estimate of drug-likeness (QED) is 0.182. The summed E-state index contributed by atoms with van der Waals surface area (Å²) in [6, 6.07) is 32.3. The van der Waals surface area contributed by atoms with E-state index < -0.39 is 0 Å². The van der Waals surface area contributed by atoms with Crippen molar-refractivity contribution in [2.24, 2.45) is 0 Å². The first-order valence-electron chi connectivity index (χ1n) is 11.1. The summed E-state index contributed by atoms with van der Waals surface area (Å²) in [6.45, 7) is 0. The Morgan fingerprint density at radius 3 is 1.86 bits per heavy atom. The summed E-state index contributed by atoms with van der Waals surface area (Å²) < 4.78 is 6.20. The van der Waals surface area contributed by atoms with Crippen LogP contribution in [0.1, 0.15) is 11.1 Å². The molecule has 0 saturated carbocycles. The number of aromatic nitrogens is 2. The Kier molecular flexibility index (Phi) is 5.57. The van der Waals surface area contributed by atoms with Gasteiger partial charge in [0.1, 0.15) is 0 Å². The van der Waals surface area contributed by atoms with Gasteiger partial charge in [-0.1, -0.05) is 102 Å². The van der Waals surface area contributed by atoms with Gasteiger partial charge in [0.25, 0.3) is 0 Å². The number of rotatable bonds is 4. The summed E-state index contributed by atoms with van der Waals surface area (Å²) in [7, 11) is 0. The van der Waals surface area contributed by atoms with Gasteiger partial charge in [0, 0.05) is 5.56 Å². The average molecular weight is 493 g/mol. The first kappa shape index (κ1) is 21.6. The van der Waals surface area contributed by atoms with Gasteiger partial charge >= 0.3 is 0 Å². The maximum Gasteiger partial charge on any atom is 0.249 e. The van der Waals surface area contributed by atoms with E-state index >= 15 is 0 Å². The Balaban J connectivity index is 1.33. The number of benzene rings is 5. The second kappa shape index (κ2) is 9.03. The molecule has 0 aliphatic rings. The van der Waals surface area contributed by atoms with Crippen molar-refractivity contribution in [1.29, 1.82) is 0 Å². The van der Waals surface area contributed by atoms with Gasteiger partial charge in [0.05, 0.1) is 15.6 Å². The molecule has 0 amide bonds. The molecule has 6 aromatic rings. The van der Waals surface area contributed by atoms with E-state index in [-0.39, 0.29) is 0 Å². The van der Waals surface area contributed by atoms with Crippen LogP contribution in [0, 0.1) is 0 Å². The SMILES string of the molecule is Clc1ccc(C=Cc2ccc(-c3nnc(-c4c5ccccc5cc5ccccc45)o3)cc2)cc1Cl. The largest absolute Gasteiger partial charge is 0.416 e. The monoisotopic (exact) mass is 492 g/mol. The standard InChI is InChI=1S/C30H18Cl2N2O/c31-26-16-13-20(17-27(26)32)10-9-19-11-14-21(15-12-19)29-33-34-30(35-29)28-24-7-3-1-5-22(24)18-23-6-2-4-8-25(23)28/h1-18H. The Hall–Kier alpha value is -3.92. The third kappa shape index (κ3) is 4.21. The molecule has 5 aromatic carbocycles. The van der Waals surface area contributed by atoms with Crippen LogP contribution in [0.15, 0.2) is 101 Å². The molecule has 0 aliphatic heterocycles. The fourth-order valence-corrected chi connectivity index (χ4v) is 4.54. The molecule has 0 aliphatic carbocycles. The predicted molar refractivity (Wildman–Crippen MR) is 146 cm³/mol. The van der Waals surface area contributed by atoms with E-state index in [1.54, 1.807) is 6.07 Å². The van der Waals surface area contributed by atoms with Crippen molar-refractivity contribution < 1.29 is 4.42 Å². The molecule has 0 saturated heterocycles. The van der Waals surface area contributed by atoms with Crippen molar-refractivity contribution in [2.75, 3.05) is 0 Å². The molecule has 3 nitrogen and oxygen atoms in total. The van der Waals surface area contributed by atoms with Gasteiger partial charge in [-0.3, -0.25) is 0 Å². The third-order valence-electron chi connectivity index (χ3n) is 5.98. The lowest BCUT2D eigenvalue weighted by atomic mass is 9.97. The second-order valence-corrected chi connectivity index (χ2v) is 9.05. The van der Waals surface area contributed by atoms with Gasteiger partial charge in [-0.15, -0.1) is 10.2 Å². The van der Waals surface area contributed by atoms with Crippen molar-refractivity contribution in [3.05, 3.63) is 118 Å². The van der Waals surface area contributed by atoms with E-state index in [1.165, 1.54) is 0 Å². The van der Waals surface area contributed by atoms with Crippen LogP contribution in [0.3, 0.4) is 0 Å². The molecule has 0 radical (unpaired) electrons. The van der Waals surface area contributed by atoms with Crippen molar-refractivity contribution in [1.82, 2.24) is 10.2 Å². The molecule has 0 fully saturated rings. The van der Waals surface area contributed by atoms with Crippen LogP contribution in [-0.2, 0) is 0 Å². The maximum atomic E-state index is 6.20. The molecule has 1 heterocycles. The third-order valence-corrected chi connectivity index (χ3v) is 6.72. The van der Waals surface area contributed by atoms with E-state index in [1.807, 2.05) is 72.8 Å². The highest BCUT2D eigenvalue weighted by atomic mass is 35.5. The van der Waals surface area contributed by atoms with Gasteiger partial charge in [0.2, 0.25) is 11.8 Å². The normalized spacial score (nSPS) is 11.6. The Bertz CT molecular complexity index is 1660. The lowest BCUT2D eigenvalue weighted by molar-refractivity contribution is 0.586. The number of hydrogen-bond donors (Lipinski definition) is 0. The minimum absolute atomic E-state index is 0.483. The highest BCUT2D eigenvalue weighted by Crippen LogP contribution is 2.36. The molecule has 168 valence electrons. The molecule has 0 unspecified atom stereocenters. The molecule has 0 N–H and O–H groups in total. The zero-order chi connectivity index (χ0) is 23.8. The first-order chi connectivity index (χ1) is 17.2. The molecule has 6 rings (SSSR count). The molecular weight excluding hydrogens is 475 g/mol. The summed E-state index contributed by atoms with van der Waals surface area (Å²) in [5.74, 6) is 0.994. The summed E-state index contributed by atoms with van der Waals surface area (Å²) in [5.41, 5.74) is 3.84. The second-order valence-electron chi connectivity index (χ2n) is 8.24. The summed E-state index contributed by atoms with van der Waals surface area (Å²) >= 11 is 12.1. The topological polar surface area (TPSA) is 38.9 Å². The van der Waals surface area contributed by atoms with Crippen LogP contribution >= 0.6 is 23.2 Å². The highest BCUT2D eigenvalue weighted by Gasteiger charge is 2.16. The van der Waals surface area contributed by atoms with Gasteiger partial charge < -0.3 is 4.42 Å². The van der Waals surface area contributed by atoms with Gasteiger partial charge in [-0.2, -0.15) is 0 Å². The van der Waals surface area contributed by atoms with E-state index in [0.717, 1.165) is 43.8 Å². The summed E-state index contributed by atoms with van der Waals surface area (Å²) in [4.78, 5) is 0. The predicted octanol–water partition coefficient (Wildman–Crippen LogP) is 9.19. The minimum Gasteiger partial charge on any atom is -0.416 e. The highest BCUT2D eigenvalue weighted by molar-refractivity contribution is 6.42. The van der Waals surface area contributed by atoms with E-state index in [0.29, 0.717) is 21.8 Å². The lowest BCUT2D eigenvalue weighted by Gasteiger charge is -2.08. The lowest BCUT2D eigenvalue weighted by Crippen LogP contribution is -1.85. The van der Waals surface area contributed by atoms with Gasteiger partial charge in [0.15, 0.2) is 0 Å². The molecular formula is C30H18Cl2N2O. The summed E-state index contributed by atoms with van der Waals surface area (Å²) in [5, 5.41) is 14.3. The van der Waals surface area contributed by atoms with E-state index in [9.17, 15) is 0 Å². The van der Waals surface area contributed by atoms with E-state index in [2.05, 4.69) is 40.5 Å². The molecule has 1 aromatic heterocycles. The van der Waals surface area contributed by atoms with Gasteiger partial charge in [-0.05, 0) is 63.0 Å². The van der Waals surface area contributed by atoms with Gasteiger partial charge in [-0.25, -0.2) is 0 Å². The fourth-order valence-electron chi connectivity index (χ4n) is 4.23. The molecule has 35 heavy (non-hydrogen) atoms. The molecule has 5 heteroatoms. The van der Waals surface area contributed by atoms with Crippen LogP contribution in [0.4, 0.5) is 0 Å². The Morgan fingerprint density at radius 2 is 1.17 bits per heavy atom. The first-order valence-corrected chi connectivity index (χ1v) is 11.9. The molecule has 0 atom stereocenters. The number of nitrogens with zero attached hydrogens (tertiary/aromatic N) is 2. The van der Waals surface area contributed by atoms with Crippen LogP contribution in [0.2, 0.25) is 10.0 Å². The van der Waals surface area contributed by atoms with Crippen LogP contribution < -0.4 is 0 Å². The van der Waals surface area contributed by atoms with Crippen molar-refractivity contribution in [3.8, 4) is 22.9 Å². The molecule has 0 spiro atoms. The number of fused-ring (bicyclic) bond motifs is 2.